The smallest absolute Gasteiger partial charge is 0.143 e. The number of pyridine rings is 1. The Morgan fingerprint density at radius 1 is 1.35 bits per heavy atom. The number of hydrogen-bond acceptors (Lipinski definition) is 2. The number of alkyl halides is 2. The summed E-state index contributed by atoms with van der Waals surface area (Å²) in [6.45, 7) is 0.814. The Morgan fingerprint density at radius 3 is 2.71 bits per heavy atom. The molecule has 0 unspecified atom stereocenters. The molecule has 0 radical (unpaired) electrons. The molecule has 0 bridgehead atoms. The summed E-state index contributed by atoms with van der Waals surface area (Å²) in [5.74, 6) is 0.225. The van der Waals surface area contributed by atoms with Crippen LogP contribution in [0.15, 0.2) is 18.5 Å². The van der Waals surface area contributed by atoms with E-state index in [1.54, 1.807) is 6.20 Å². The van der Waals surface area contributed by atoms with Gasteiger partial charge in [-0.25, -0.2) is 4.39 Å². The molecule has 1 heterocycles. The van der Waals surface area contributed by atoms with Crippen LogP contribution in [0.1, 0.15) is 25.7 Å². The Balaban J connectivity index is 1.80. The molecule has 5 heteroatoms. The highest BCUT2D eigenvalue weighted by Crippen LogP contribution is 2.40. The summed E-state index contributed by atoms with van der Waals surface area (Å²) in [7, 11) is 0. The molecule has 1 aliphatic rings. The van der Waals surface area contributed by atoms with Crippen molar-refractivity contribution in [2.75, 3.05) is 11.9 Å². The zero-order valence-electron chi connectivity index (χ0n) is 9.43. The van der Waals surface area contributed by atoms with E-state index < -0.39 is 4.33 Å². The maximum Gasteiger partial charge on any atom is 0.143 e. The maximum atomic E-state index is 12.9. The molecule has 1 aliphatic carbocycles. The minimum absolute atomic E-state index is 0.320. The van der Waals surface area contributed by atoms with Crippen LogP contribution >= 0.6 is 23.2 Å². The Morgan fingerprint density at radius 2 is 2.06 bits per heavy atom. The average Bonchev–Trinajstić information content (AvgIpc) is 2.28. The van der Waals surface area contributed by atoms with Crippen LogP contribution in [-0.4, -0.2) is 15.9 Å². The van der Waals surface area contributed by atoms with Gasteiger partial charge in [-0.05, 0) is 31.6 Å². The molecule has 1 aromatic rings. The highest BCUT2D eigenvalue weighted by atomic mass is 35.5. The second-order valence-electron chi connectivity index (χ2n) is 4.57. The van der Waals surface area contributed by atoms with E-state index in [-0.39, 0.29) is 5.82 Å². The summed E-state index contributed by atoms with van der Waals surface area (Å²) < 4.78 is 12.4. The average molecular weight is 277 g/mol. The second-order valence-corrected chi connectivity index (χ2v) is 6.21. The van der Waals surface area contributed by atoms with Gasteiger partial charge >= 0.3 is 0 Å². The van der Waals surface area contributed by atoms with Crippen LogP contribution in [0.5, 0.6) is 0 Å². The topological polar surface area (TPSA) is 24.9 Å². The van der Waals surface area contributed by atoms with Gasteiger partial charge in [0.15, 0.2) is 0 Å². The number of hydrogen-bond donors (Lipinski definition) is 1. The Kier molecular flexibility index (Phi) is 4.10. The summed E-state index contributed by atoms with van der Waals surface area (Å²) in [4.78, 5) is 3.79. The maximum absolute atomic E-state index is 12.9. The molecule has 2 rings (SSSR count). The number of nitrogens with zero attached hydrogens (tertiary/aromatic N) is 1. The lowest BCUT2D eigenvalue weighted by atomic mass is 9.88. The van der Waals surface area contributed by atoms with Gasteiger partial charge < -0.3 is 5.32 Å². The highest BCUT2D eigenvalue weighted by molar-refractivity contribution is 6.48. The van der Waals surface area contributed by atoms with E-state index in [9.17, 15) is 4.39 Å². The van der Waals surface area contributed by atoms with Crippen molar-refractivity contribution in [3.05, 3.63) is 24.3 Å². The van der Waals surface area contributed by atoms with Crippen molar-refractivity contribution >= 4 is 28.9 Å². The third-order valence-electron chi connectivity index (χ3n) is 3.14. The predicted octanol–water partition coefficient (Wildman–Crippen LogP) is 4.00. The third-order valence-corrected chi connectivity index (χ3v) is 3.89. The van der Waals surface area contributed by atoms with E-state index in [0.717, 1.165) is 37.9 Å². The molecule has 17 heavy (non-hydrogen) atoms. The summed E-state index contributed by atoms with van der Waals surface area (Å²) in [5, 5.41) is 3.19. The molecular formula is C12H15Cl2FN2. The lowest BCUT2D eigenvalue weighted by Crippen LogP contribution is -2.26. The molecule has 1 N–H and O–H groups in total. The van der Waals surface area contributed by atoms with Crippen LogP contribution < -0.4 is 5.32 Å². The van der Waals surface area contributed by atoms with Gasteiger partial charge in [0.25, 0.3) is 0 Å². The number of rotatable bonds is 3. The molecule has 0 spiro atoms. The number of anilines is 1. The summed E-state index contributed by atoms with van der Waals surface area (Å²) in [6.07, 6.45) is 6.47. The summed E-state index contributed by atoms with van der Waals surface area (Å²) in [6, 6.07) is 1.45. The largest absolute Gasteiger partial charge is 0.383 e. The molecule has 1 saturated carbocycles. The minimum atomic E-state index is -0.545. The third kappa shape index (κ3) is 4.00. The van der Waals surface area contributed by atoms with Crippen LogP contribution in [0, 0.1) is 11.7 Å². The first-order valence-electron chi connectivity index (χ1n) is 5.77. The van der Waals surface area contributed by atoms with Crippen LogP contribution in [-0.2, 0) is 0 Å². The fourth-order valence-electron chi connectivity index (χ4n) is 2.07. The molecule has 0 aromatic carbocycles. The van der Waals surface area contributed by atoms with Crippen molar-refractivity contribution in [3.63, 3.8) is 0 Å². The van der Waals surface area contributed by atoms with Gasteiger partial charge in [-0.15, -0.1) is 23.2 Å². The molecule has 0 amide bonds. The number of aromatic nitrogens is 1. The molecule has 0 atom stereocenters. The fraction of sp³-hybridized carbons (Fsp3) is 0.583. The highest BCUT2D eigenvalue weighted by Gasteiger charge is 2.30. The van der Waals surface area contributed by atoms with Crippen LogP contribution in [0.25, 0.3) is 0 Å². The first-order valence-corrected chi connectivity index (χ1v) is 6.53. The summed E-state index contributed by atoms with van der Waals surface area (Å²) >= 11 is 12.1. The summed E-state index contributed by atoms with van der Waals surface area (Å²) in [5.41, 5.74) is 0.721. The lowest BCUT2D eigenvalue weighted by molar-refractivity contribution is 0.359. The van der Waals surface area contributed by atoms with Gasteiger partial charge in [0.05, 0.1) is 18.1 Å². The first kappa shape index (κ1) is 12.9. The van der Waals surface area contributed by atoms with Gasteiger partial charge in [-0.1, -0.05) is 0 Å². The predicted molar refractivity (Wildman–Crippen MR) is 69.1 cm³/mol. The van der Waals surface area contributed by atoms with Crippen LogP contribution in [0.3, 0.4) is 0 Å². The van der Waals surface area contributed by atoms with E-state index in [0.29, 0.717) is 5.92 Å². The van der Waals surface area contributed by atoms with Gasteiger partial charge in [0, 0.05) is 12.6 Å². The molecule has 0 saturated heterocycles. The van der Waals surface area contributed by atoms with E-state index >= 15 is 0 Å². The minimum Gasteiger partial charge on any atom is -0.383 e. The Bertz CT molecular complexity index is 375. The molecule has 0 aliphatic heterocycles. The Labute approximate surface area is 111 Å². The zero-order valence-corrected chi connectivity index (χ0v) is 10.9. The lowest BCUT2D eigenvalue weighted by Gasteiger charge is -2.30. The molecule has 1 aromatic heterocycles. The van der Waals surface area contributed by atoms with Crippen molar-refractivity contribution in [2.24, 2.45) is 5.92 Å². The first-order chi connectivity index (χ1) is 8.05. The standard InChI is InChI=1S/C12H15Cl2FN2/c13-12(14)3-1-9(2-4-12)6-17-11-5-10(15)7-16-8-11/h5,7-9,17H,1-4,6H2. The van der Waals surface area contributed by atoms with Crippen molar-refractivity contribution < 1.29 is 4.39 Å². The van der Waals surface area contributed by atoms with Gasteiger partial charge in [-0.2, -0.15) is 0 Å². The number of halogens is 3. The fourth-order valence-corrected chi connectivity index (χ4v) is 2.51. The Hall–Kier alpha value is -0.540. The van der Waals surface area contributed by atoms with Gasteiger partial charge in [0.1, 0.15) is 10.2 Å². The SMILES string of the molecule is Fc1cncc(NCC2CCC(Cl)(Cl)CC2)c1. The van der Waals surface area contributed by atoms with Crippen LogP contribution in [0.4, 0.5) is 10.1 Å². The van der Waals surface area contributed by atoms with Crippen molar-refractivity contribution in [3.8, 4) is 0 Å². The van der Waals surface area contributed by atoms with Gasteiger partial charge in [-0.3, -0.25) is 4.98 Å². The van der Waals surface area contributed by atoms with Crippen molar-refractivity contribution in [1.29, 1.82) is 0 Å². The monoisotopic (exact) mass is 276 g/mol. The zero-order chi connectivity index (χ0) is 12.3. The van der Waals surface area contributed by atoms with E-state index in [4.69, 9.17) is 23.2 Å². The molecule has 94 valence electrons. The van der Waals surface area contributed by atoms with Gasteiger partial charge in [0.2, 0.25) is 0 Å². The molecular weight excluding hydrogens is 262 g/mol. The van der Waals surface area contributed by atoms with E-state index in [1.165, 1.54) is 12.3 Å². The van der Waals surface area contributed by atoms with Crippen molar-refractivity contribution in [2.45, 2.75) is 30.0 Å². The molecule has 2 nitrogen and oxygen atoms in total. The second kappa shape index (κ2) is 5.40. The molecule has 1 fully saturated rings. The van der Waals surface area contributed by atoms with E-state index in [2.05, 4.69) is 10.3 Å². The number of nitrogens with one attached hydrogen (secondary N) is 1. The van der Waals surface area contributed by atoms with E-state index in [1.807, 2.05) is 0 Å². The normalized spacial score (nSPS) is 20.2. The van der Waals surface area contributed by atoms with Crippen molar-refractivity contribution in [1.82, 2.24) is 4.98 Å². The quantitative estimate of drug-likeness (QED) is 0.845. The van der Waals surface area contributed by atoms with Crippen LogP contribution in [0.2, 0.25) is 0 Å².